The second kappa shape index (κ2) is 8.62. The number of aliphatic hydroxyl groups is 1. The van der Waals surface area contributed by atoms with Gasteiger partial charge in [-0.15, -0.1) is 21.5 Å². The number of aliphatic hydroxyl groups excluding tert-OH is 1. The van der Waals surface area contributed by atoms with Gasteiger partial charge in [0, 0.05) is 21.0 Å². The molecule has 9 heteroatoms. The molecule has 4 aromatic rings. The van der Waals surface area contributed by atoms with E-state index >= 15 is 0 Å². The molecule has 0 atom stereocenters. The van der Waals surface area contributed by atoms with Gasteiger partial charge in [-0.3, -0.25) is 4.57 Å². The number of hydrogen-bond donors (Lipinski definition) is 1. The third-order valence-corrected chi connectivity index (χ3v) is 7.17. The lowest BCUT2D eigenvalue weighted by atomic mass is 10.00. The smallest absolute Gasteiger partial charge is 0.253 e. The molecule has 1 N–H and O–H groups in total. The zero-order valence-electron chi connectivity index (χ0n) is 18.4. The first kappa shape index (κ1) is 21.6. The van der Waals surface area contributed by atoms with Gasteiger partial charge < -0.3 is 9.84 Å². The molecule has 0 fully saturated rings. The molecule has 1 aliphatic rings. The van der Waals surface area contributed by atoms with Gasteiger partial charge in [0.1, 0.15) is 23.1 Å². The molecule has 2 aromatic carbocycles. The topological polar surface area (TPSA) is 75.8 Å². The van der Waals surface area contributed by atoms with Crippen molar-refractivity contribution < 1.29 is 9.84 Å². The lowest BCUT2D eigenvalue weighted by molar-refractivity contribution is 0.269. The molecular weight excluding hydrogens is 458 g/mol. The zero-order chi connectivity index (χ0) is 23.1. The van der Waals surface area contributed by atoms with Gasteiger partial charge >= 0.3 is 0 Å². The molecular formula is C24H22ClN5O2S. The minimum absolute atomic E-state index is 0.227. The number of thiophene rings is 1. The summed E-state index contributed by atoms with van der Waals surface area (Å²) in [7, 11) is 1.65. The highest BCUT2D eigenvalue weighted by molar-refractivity contribution is 7.15. The zero-order valence-corrected chi connectivity index (χ0v) is 20.0. The summed E-state index contributed by atoms with van der Waals surface area (Å²) < 4.78 is 7.20. The van der Waals surface area contributed by atoms with Crippen LogP contribution in [-0.4, -0.2) is 32.7 Å². The molecule has 0 amide bonds. The number of methoxy groups -OCH3 is 1. The molecule has 3 heterocycles. The largest absolute Gasteiger partial charge is 0.497 e. The fraction of sp³-hybridized carbons (Fsp3) is 0.208. The van der Waals surface area contributed by atoms with Crippen LogP contribution in [0, 0.1) is 13.8 Å². The van der Waals surface area contributed by atoms with Crippen LogP contribution in [0.5, 0.6) is 5.75 Å². The van der Waals surface area contributed by atoms with Gasteiger partial charge in [0.05, 0.1) is 13.7 Å². The van der Waals surface area contributed by atoms with E-state index in [2.05, 4.69) is 24.0 Å². The van der Waals surface area contributed by atoms with Crippen molar-refractivity contribution in [3.8, 4) is 10.8 Å². The Morgan fingerprint density at radius 3 is 2.42 bits per heavy atom. The molecule has 0 radical (unpaired) electrons. The van der Waals surface area contributed by atoms with E-state index < -0.39 is 0 Å². The van der Waals surface area contributed by atoms with Crippen LogP contribution in [0.3, 0.4) is 0 Å². The SMILES string of the molecule is COc1ccc(CN2N=C(c3ccc(Cl)cc3)c3c(sc(C)c3C)-n3c(CO)nnc32)cc1. The average molecular weight is 480 g/mol. The third-order valence-electron chi connectivity index (χ3n) is 5.72. The molecule has 1 aliphatic heterocycles. The maximum absolute atomic E-state index is 10.0. The van der Waals surface area contributed by atoms with Gasteiger partial charge in [-0.2, -0.15) is 5.10 Å². The summed E-state index contributed by atoms with van der Waals surface area (Å²) in [6.45, 7) is 4.43. The Morgan fingerprint density at radius 1 is 1.03 bits per heavy atom. The van der Waals surface area contributed by atoms with E-state index in [0.717, 1.165) is 38.7 Å². The van der Waals surface area contributed by atoms with Crippen LogP contribution in [0.25, 0.3) is 5.00 Å². The highest BCUT2D eigenvalue weighted by Gasteiger charge is 2.31. The number of hydrogen-bond acceptors (Lipinski definition) is 7. The minimum Gasteiger partial charge on any atom is -0.497 e. The van der Waals surface area contributed by atoms with E-state index in [9.17, 15) is 5.11 Å². The Labute approximate surface area is 200 Å². The van der Waals surface area contributed by atoms with Crippen molar-refractivity contribution >= 4 is 34.6 Å². The predicted octanol–water partition coefficient (Wildman–Crippen LogP) is 4.87. The Hall–Kier alpha value is -3.20. The van der Waals surface area contributed by atoms with E-state index in [1.807, 2.05) is 58.1 Å². The fourth-order valence-corrected chi connectivity index (χ4v) is 5.17. The second-order valence-corrected chi connectivity index (χ2v) is 9.37. The lowest BCUT2D eigenvalue weighted by Crippen LogP contribution is -2.20. The standard InChI is InChI=1S/C24H22ClN5O2S/c1-14-15(2)33-23-21(14)22(17-6-8-18(25)9-7-17)28-29(24-27-26-20(13-31)30(23)24)12-16-4-10-19(32-3)11-5-16/h4-11,31H,12-13H2,1-3H3. The van der Waals surface area contributed by atoms with Gasteiger partial charge in [-0.05, 0) is 49.2 Å². The number of rotatable bonds is 5. The molecule has 0 unspecified atom stereocenters. The van der Waals surface area contributed by atoms with Crippen LogP contribution in [0.15, 0.2) is 53.6 Å². The highest BCUT2D eigenvalue weighted by Crippen LogP contribution is 2.39. The van der Waals surface area contributed by atoms with Crippen molar-refractivity contribution in [2.75, 3.05) is 12.1 Å². The van der Waals surface area contributed by atoms with E-state index in [4.69, 9.17) is 21.4 Å². The fourth-order valence-electron chi connectivity index (χ4n) is 3.87. The number of fused-ring (bicyclic) bond motifs is 3. The maximum atomic E-state index is 10.0. The number of hydrazone groups is 1. The molecule has 5 rings (SSSR count). The quantitative estimate of drug-likeness (QED) is 0.442. The molecule has 0 saturated carbocycles. The summed E-state index contributed by atoms with van der Waals surface area (Å²) >= 11 is 7.81. The normalized spacial score (nSPS) is 12.8. The van der Waals surface area contributed by atoms with Crippen LogP contribution in [0.4, 0.5) is 5.95 Å². The van der Waals surface area contributed by atoms with E-state index in [-0.39, 0.29) is 6.61 Å². The number of aryl methyl sites for hydroxylation is 1. The summed E-state index contributed by atoms with van der Waals surface area (Å²) in [5.74, 6) is 1.82. The van der Waals surface area contributed by atoms with Gasteiger partial charge in [-0.1, -0.05) is 35.9 Å². The molecule has 168 valence electrons. The number of nitrogens with zero attached hydrogens (tertiary/aromatic N) is 5. The van der Waals surface area contributed by atoms with Gasteiger partial charge in [0.2, 0.25) is 0 Å². The molecule has 0 bridgehead atoms. The van der Waals surface area contributed by atoms with Crippen LogP contribution < -0.4 is 9.75 Å². The molecule has 33 heavy (non-hydrogen) atoms. The van der Waals surface area contributed by atoms with Crippen LogP contribution in [0.1, 0.15) is 33.0 Å². The minimum atomic E-state index is -0.227. The van der Waals surface area contributed by atoms with Crippen molar-refractivity contribution in [1.29, 1.82) is 0 Å². The van der Waals surface area contributed by atoms with E-state index in [1.54, 1.807) is 18.4 Å². The number of benzene rings is 2. The number of anilines is 1. The van der Waals surface area contributed by atoms with E-state index in [1.165, 1.54) is 4.88 Å². The third kappa shape index (κ3) is 3.80. The number of aromatic nitrogens is 3. The van der Waals surface area contributed by atoms with Gasteiger partial charge in [-0.25, -0.2) is 5.01 Å². The second-order valence-electron chi connectivity index (χ2n) is 7.73. The Balaban J connectivity index is 1.72. The molecule has 2 aromatic heterocycles. The Morgan fingerprint density at radius 2 is 1.76 bits per heavy atom. The summed E-state index contributed by atoms with van der Waals surface area (Å²) in [5, 5.41) is 27.2. The predicted molar refractivity (Wildman–Crippen MR) is 131 cm³/mol. The van der Waals surface area contributed by atoms with Gasteiger partial charge in [0.25, 0.3) is 5.95 Å². The van der Waals surface area contributed by atoms with Crippen LogP contribution >= 0.6 is 22.9 Å². The van der Waals surface area contributed by atoms with Crippen molar-refractivity contribution in [3.63, 3.8) is 0 Å². The first-order chi connectivity index (χ1) is 16.0. The molecule has 0 spiro atoms. The van der Waals surface area contributed by atoms with Crippen molar-refractivity contribution in [3.05, 3.63) is 86.5 Å². The summed E-state index contributed by atoms with van der Waals surface area (Å²) in [4.78, 5) is 1.17. The summed E-state index contributed by atoms with van der Waals surface area (Å²) in [6.07, 6.45) is 0. The maximum Gasteiger partial charge on any atom is 0.253 e. The Bertz CT molecular complexity index is 1340. The Kier molecular flexibility index (Phi) is 5.65. The lowest BCUT2D eigenvalue weighted by Gasteiger charge is -2.18. The molecule has 0 aliphatic carbocycles. The molecule has 0 saturated heterocycles. The monoisotopic (exact) mass is 479 g/mol. The van der Waals surface area contributed by atoms with Crippen molar-refractivity contribution in [1.82, 2.24) is 14.8 Å². The highest BCUT2D eigenvalue weighted by atomic mass is 35.5. The first-order valence-corrected chi connectivity index (χ1v) is 11.6. The van der Waals surface area contributed by atoms with Crippen LogP contribution in [0.2, 0.25) is 5.02 Å². The number of halogens is 1. The van der Waals surface area contributed by atoms with Crippen molar-refractivity contribution in [2.24, 2.45) is 5.10 Å². The number of ether oxygens (including phenoxy) is 1. The van der Waals surface area contributed by atoms with Crippen molar-refractivity contribution in [2.45, 2.75) is 27.0 Å². The molecule has 7 nitrogen and oxygen atoms in total. The first-order valence-electron chi connectivity index (χ1n) is 10.4. The average Bonchev–Trinajstić information content (AvgIpc) is 3.35. The summed E-state index contributed by atoms with van der Waals surface area (Å²) in [6, 6.07) is 15.5. The van der Waals surface area contributed by atoms with Crippen LogP contribution in [-0.2, 0) is 13.2 Å². The van der Waals surface area contributed by atoms with E-state index in [0.29, 0.717) is 23.3 Å². The van der Waals surface area contributed by atoms with Gasteiger partial charge in [0.15, 0.2) is 5.82 Å². The summed E-state index contributed by atoms with van der Waals surface area (Å²) in [5.41, 5.74) is 4.96.